The summed E-state index contributed by atoms with van der Waals surface area (Å²) in [6.07, 6.45) is 0. The van der Waals surface area contributed by atoms with Crippen molar-refractivity contribution in [1.82, 2.24) is 0 Å². The molecule has 2 aromatic carbocycles. The quantitative estimate of drug-likeness (QED) is 0.431. The molecule has 0 aliphatic carbocycles. The highest BCUT2D eigenvalue weighted by Crippen LogP contribution is 2.33. The van der Waals surface area contributed by atoms with Crippen molar-refractivity contribution >= 4 is 27.9 Å². The van der Waals surface area contributed by atoms with E-state index in [2.05, 4.69) is 15.9 Å². The molecule has 29 heavy (non-hydrogen) atoms. The van der Waals surface area contributed by atoms with Gasteiger partial charge in [-0.15, -0.1) is 0 Å². The predicted molar refractivity (Wildman–Crippen MR) is 110 cm³/mol. The molecular weight excluding hydrogens is 440 g/mol. The molecule has 0 spiro atoms. The maximum Gasteiger partial charge on any atom is 0.345 e. The average Bonchev–Trinajstić information content (AvgIpc) is 2.59. The van der Waals surface area contributed by atoms with Gasteiger partial charge >= 0.3 is 11.9 Å². The van der Waals surface area contributed by atoms with Crippen LogP contribution in [0.1, 0.15) is 59.5 Å². The lowest BCUT2D eigenvalue weighted by atomic mass is 10.1. The zero-order chi connectivity index (χ0) is 21.4. The standard InChI is InChI=1S/C11H11BrO3.C11H12O3/c1-11(2)14-9-5-7(6-12)3-4-8(9)10(13)15-11;1-7-4-5-8-9(6-7)13-11(2,3)14-10(8)12/h3-5H,6H2,1-2H3;4-6H,1-3H3. The Balaban J connectivity index is 0.000000166. The van der Waals surface area contributed by atoms with Gasteiger partial charge in [-0.3, -0.25) is 0 Å². The van der Waals surface area contributed by atoms with Gasteiger partial charge in [0, 0.05) is 33.0 Å². The zero-order valence-corrected chi connectivity index (χ0v) is 18.6. The van der Waals surface area contributed by atoms with Crippen LogP contribution in [-0.4, -0.2) is 23.5 Å². The van der Waals surface area contributed by atoms with E-state index in [0.29, 0.717) is 22.6 Å². The van der Waals surface area contributed by atoms with Crippen molar-refractivity contribution in [2.45, 2.75) is 51.5 Å². The second-order valence-electron chi connectivity index (χ2n) is 7.75. The van der Waals surface area contributed by atoms with E-state index in [4.69, 9.17) is 18.9 Å². The Morgan fingerprint density at radius 2 is 1.24 bits per heavy atom. The summed E-state index contributed by atoms with van der Waals surface area (Å²) in [5.41, 5.74) is 3.11. The van der Waals surface area contributed by atoms with Crippen molar-refractivity contribution < 1.29 is 28.5 Å². The molecule has 0 aromatic heterocycles. The number of carbonyl (C=O) groups excluding carboxylic acids is 2. The van der Waals surface area contributed by atoms with Crippen molar-refractivity contribution in [3.05, 3.63) is 58.7 Å². The van der Waals surface area contributed by atoms with Gasteiger partial charge in [0.15, 0.2) is 0 Å². The highest BCUT2D eigenvalue weighted by molar-refractivity contribution is 9.08. The number of ether oxygens (including phenoxy) is 4. The first kappa shape index (κ1) is 21.2. The molecule has 7 heteroatoms. The largest absolute Gasteiger partial charge is 0.452 e. The number of aryl methyl sites for hydroxylation is 1. The summed E-state index contributed by atoms with van der Waals surface area (Å²) in [7, 11) is 0. The molecule has 4 rings (SSSR count). The van der Waals surface area contributed by atoms with Crippen molar-refractivity contribution in [3.8, 4) is 11.5 Å². The molecule has 0 radical (unpaired) electrons. The first-order valence-corrected chi connectivity index (χ1v) is 10.3. The van der Waals surface area contributed by atoms with E-state index in [9.17, 15) is 9.59 Å². The molecule has 0 unspecified atom stereocenters. The molecule has 2 aromatic rings. The van der Waals surface area contributed by atoms with Crippen LogP contribution >= 0.6 is 15.9 Å². The van der Waals surface area contributed by atoms with Gasteiger partial charge in [0.05, 0.1) is 0 Å². The molecule has 0 saturated heterocycles. The summed E-state index contributed by atoms with van der Waals surface area (Å²) < 4.78 is 21.3. The number of hydrogen-bond donors (Lipinski definition) is 0. The fourth-order valence-corrected chi connectivity index (χ4v) is 3.26. The molecular formula is C22H23BrO6. The van der Waals surface area contributed by atoms with Gasteiger partial charge in [0.2, 0.25) is 11.6 Å². The molecule has 2 aliphatic heterocycles. The van der Waals surface area contributed by atoms with Crippen LogP contribution in [0.25, 0.3) is 0 Å². The summed E-state index contributed by atoms with van der Waals surface area (Å²) in [5.74, 6) is -1.20. The SMILES string of the molecule is CC1(C)OC(=O)c2ccc(CBr)cc2O1.Cc1ccc2c(c1)OC(C)(C)OC2=O. The van der Waals surface area contributed by atoms with Crippen LogP contribution in [0.3, 0.4) is 0 Å². The van der Waals surface area contributed by atoms with Gasteiger partial charge in [0.25, 0.3) is 0 Å². The van der Waals surface area contributed by atoms with E-state index in [-0.39, 0.29) is 11.9 Å². The molecule has 0 fully saturated rings. The third-order valence-corrected chi connectivity index (χ3v) is 4.81. The van der Waals surface area contributed by atoms with Crippen LogP contribution in [0, 0.1) is 6.92 Å². The van der Waals surface area contributed by atoms with E-state index < -0.39 is 11.6 Å². The number of benzene rings is 2. The molecule has 154 valence electrons. The number of fused-ring (bicyclic) bond motifs is 2. The Kier molecular flexibility index (Phi) is 5.63. The lowest BCUT2D eigenvalue weighted by Gasteiger charge is -2.31. The van der Waals surface area contributed by atoms with Gasteiger partial charge in [0.1, 0.15) is 22.6 Å². The van der Waals surface area contributed by atoms with Gasteiger partial charge < -0.3 is 18.9 Å². The Morgan fingerprint density at radius 3 is 1.76 bits per heavy atom. The van der Waals surface area contributed by atoms with E-state index in [1.165, 1.54) is 0 Å². The number of hydrogen-bond acceptors (Lipinski definition) is 6. The van der Waals surface area contributed by atoms with E-state index in [1.54, 1.807) is 39.8 Å². The molecule has 2 aliphatic rings. The third kappa shape index (κ3) is 4.90. The van der Waals surface area contributed by atoms with Crippen molar-refractivity contribution in [2.24, 2.45) is 0 Å². The lowest BCUT2D eigenvalue weighted by Crippen LogP contribution is -2.38. The van der Waals surface area contributed by atoms with Gasteiger partial charge in [-0.25, -0.2) is 9.59 Å². The van der Waals surface area contributed by atoms with Crippen LogP contribution in [0.15, 0.2) is 36.4 Å². The second-order valence-corrected chi connectivity index (χ2v) is 8.31. The van der Waals surface area contributed by atoms with Gasteiger partial charge in [-0.1, -0.05) is 28.1 Å². The topological polar surface area (TPSA) is 71.1 Å². The normalized spacial score (nSPS) is 17.9. The second kappa shape index (κ2) is 7.71. The van der Waals surface area contributed by atoms with Crippen molar-refractivity contribution in [3.63, 3.8) is 0 Å². The number of cyclic esters (lactones) is 2. The van der Waals surface area contributed by atoms with Crippen LogP contribution in [0.4, 0.5) is 0 Å². The molecule has 0 amide bonds. The summed E-state index contributed by atoms with van der Waals surface area (Å²) in [6.45, 7) is 8.83. The monoisotopic (exact) mass is 462 g/mol. The Bertz CT molecular complexity index is 964. The van der Waals surface area contributed by atoms with Crippen LogP contribution in [0.2, 0.25) is 0 Å². The average molecular weight is 463 g/mol. The highest BCUT2D eigenvalue weighted by atomic mass is 79.9. The molecule has 2 heterocycles. The fourth-order valence-electron chi connectivity index (χ4n) is 2.91. The fraction of sp³-hybridized carbons (Fsp3) is 0.364. The summed E-state index contributed by atoms with van der Waals surface area (Å²) in [6, 6.07) is 10.9. The number of rotatable bonds is 1. The third-order valence-electron chi connectivity index (χ3n) is 4.17. The minimum absolute atomic E-state index is 0.323. The Morgan fingerprint density at radius 1 is 0.759 bits per heavy atom. The maximum absolute atomic E-state index is 11.6. The molecule has 0 atom stereocenters. The first-order chi connectivity index (χ1) is 13.5. The Labute approximate surface area is 178 Å². The number of halogens is 1. The lowest BCUT2D eigenvalue weighted by molar-refractivity contribution is -0.128. The van der Waals surface area contributed by atoms with Crippen LogP contribution in [0.5, 0.6) is 11.5 Å². The van der Waals surface area contributed by atoms with E-state index in [1.807, 2.05) is 31.2 Å². The predicted octanol–water partition coefficient (Wildman–Crippen LogP) is 5.15. The van der Waals surface area contributed by atoms with Gasteiger partial charge in [-0.05, 0) is 42.3 Å². The van der Waals surface area contributed by atoms with Crippen LogP contribution < -0.4 is 9.47 Å². The number of alkyl halides is 1. The number of esters is 2. The molecule has 0 saturated carbocycles. The zero-order valence-electron chi connectivity index (χ0n) is 17.0. The summed E-state index contributed by atoms with van der Waals surface area (Å²) in [4.78, 5) is 23.1. The Hall–Kier alpha value is -2.54. The van der Waals surface area contributed by atoms with Gasteiger partial charge in [-0.2, -0.15) is 0 Å². The molecule has 0 N–H and O–H groups in total. The summed E-state index contributed by atoms with van der Waals surface area (Å²) >= 11 is 3.36. The molecule has 0 bridgehead atoms. The smallest absolute Gasteiger partial charge is 0.345 e. The van der Waals surface area contributed by atoms with Crippen LogP contribution in [-0.2, 0) is 14.8 Å². The minimum atomic E-state index is -0.880. The highest BCUT2D eigenvalue weighted by Gasteiger charge is 2.34. The van der Waals surface area contributed by atoms with E-state index >= 15 is 0 Å². The molecule has 6 nitrogen and oxygen atoms in total. The first-order valence-electron chi connectivity index (χ1n) is 9.14. The number of carbonyl (C=O) groups is 2. The summed E-state index contributed by atoms with van der Waals surface area (Å²) in [5, 5.41) is 0.735. The van der Waals surface area contributed by atoms with Crippen molar-refractivity contribution in [2.75, 3.05) is 0 Å². The maximum atomic E-state index is 11.6. The van der Waals surface area contributed by atoms with Crippen molar-refractivity contribution in [1.29, 1.82) is 0 Å². The minimum Gasteiger partial charge on any atom is -0.452 e. The van der Waals surface area contributed by atoms with E-state index in [0.717, 1.165) is 16.5 Å².